The summed E-state index contributed by atoms with van der Waals surface area (Å²) in [4.78, 5) is 24.6. The zero-order chi connectivity index (χ0) is 22.1. The second kappa shape index (κ2) is 9.25. The van der Waals surface area contributed by atoms with Gasteiger partial charge in [-0.25, -0.2) is 0 Å². The van der Waals surface area contributed by atoms with Gasteiger partial charge in [-0.05, 0) is 62.9 Å². The quantitative estimate of drug-likeness (QED) is 0.639. The Bertz CT molecular complexity index is 706. The van der Waals surface area contributed by atoms with E-state index in [4.69, 9.17) is 9.47 Å². The molecule has 0 aromatic rings. The molecule has 0 saturated carbocycles. The third kappa shape index (κ3) is 5.16. The fourth-order valence-electron chi connectivity index (χ4n) is 5.08. The van der Waals surface area contributed by atoms with Gasteiger partial charge in [-0.15, -0.1) is 0 Å². The summed E-state index contributed by atoms with van der Waals surface area (Å²) in [6.45, 7) is 10.3. The van der Waals surface area contributed by atoms with Gasteiger partial charge in [-0.2, -0.15) is 0 Å². The zero-order valence-corrected chi connectivity index (χ0v) is 19.1. The molecule has 5 heteroatoms. The van der Waals surface area contributed by atoms with Gasteiger partial charge >= 0.3 is 11.9 Å². The highest BCUT2D eigenvalue weighted by atomic mass is 16.6. The number of aliphatic hydroxyl groups excluding tert-OH is 1. The van der Waals surface area contributed by atoms with Gasteiger partial charge in [0.15, 0.2) is 0 Å². The van der Waals surface area contributed by atoms with Crippen LogP contribution in [0.1, 0.15) is 73.1 Å². The minimum absolute atomic E-state index is 0.0949. The predicted molar refractivity (Wildman–Crippen MR) is 115 cm³/mol. The summed E-state index contributed by atoms with van der Waals surface area (Å²) >= 11 is 0. The highest BCUT2D eigenvalue weighted by Crippen LogP contribution is 2.45. The first-order chi connectivity index (χ1) is 14.1. The van der Waals surface area contributed by atoms with Gasteiger partial charge in [-0.1, -0.05) is 39.0 Å². The Morgan fingerprint density at radius 2 is 2.00 bits per heavy atom. The Labute approximate surface area is 180 Å². The molecule has 3 rings (SSSR count). The molecule has 1 aliphatic heterocycles. The minimum Gasteiger partial charge on any atom is -0.462 e. The van der Waals surface area contributed by atoms with E-state index in [1.165, 1.54) is 5.57 Å². The van der Waals surface area contributed by atoms with Crippen molar-refractivity contribution in [3.05, 3.63) is 23.8 Å². The molecule has 1 heterocycles. The van der Waals surface area contributed by atoms with Crippen molar-refractivity contribution in [3.8, 4) is 0 Å². The topological polar surface area (TPSA) is 72.8 Å². The molecule has 1 saturated heterocycles. The first-order valence-electron chi connectivity index (χ1n) is 11.6. The van der Waals surface area contributed by atoms with Crippen LogP contribution in [-0.2, 0) is 19.1 Å². The zero-order valence-electron chi connectivity index (χ0n) is 19.1. The Morgan fingerprint density at radius 3 is 2.67 bits per heavy atom. The Hall–Kier alpha value is -1.62. The largest absolute Gasteiger partial charge is 0.462 e. The van der Waals surface area contributed by atoms with E-state index in [2.05, 4.69) is 32.1 Å². The number of cyclic esters (lactones) is 1. The second-order valence-electron chi connectivity index (χ2n) is 10.3. The van der Waals surface area contributed by atoms with Crippen LogP contribution >= 0.6 is 0 Å². The molecule has 0 amide bonds. The lowest BCUT2D eigenvalue weighted by Crippen LogP contribution is -2.43. The molecule has 0 spiro atoms. The maximum atomic E-state index is 12.9. The second-order valence-corrected chi connectivity index (χ2v) is 10.3. The molecule has 0 radical (unpaired) electrons. The summed E-state index contributed by atoms with van der Waals surface area (Å²) in [5, 5.41) is 9.92. The molecular formula is C25H38O5. The van der Waals surface area contributed by atoms with Crippen LogP contribution < -0.4 is 0 Å². The van der Waals surface area contributed by atoms with Crippen molar-refractivity contribution < 1.29 is 24.2 Å². The molecule has 0 bridgehead atoms. The number of esters is 2. The standard InChI is InChI=1S/C25H38O5/c1-6-25(4,5)24(28)30-21-12-15(2)11-17-8-7-16(3)20(23(17)21)10-9-19-13-18(26)14-22(27)29-19/h7-8,11,15-16,18-21,23,26H,6,9-10,12-14H2,1-5H3/t15-,16-,18+,19+,20-,21-,23+/m1/s1. The van der Waals surface area contributed by atoms with Crippen LogP contribution in [-0.4, -0.2) is 35.4 Å². The number of aliphatic hydroxyl groups is 1. The van der Waals surface area contributed by atoms with Gasteiger partial charge in [0.1, 0.15) is 12.2 Å². The first kappa shape index (κ1) is 23.1. The SMILES string of the molecule is CCC(C)(C)C(=O)O[C@@H]1C[C@H](C)C=C2C=C[C@@H](C)[C@@H](CC[C@H]3C[C@H](O)CC(=O)O3)[C@H]21. The Kier molecular flexibility index (Phi) is 7.11. The van der Waals surface area contributed by atoms with E-state index in [0.29, 0.717) is 24.2 Å². The lowest BCUT2D eigenvalue weighted by molar-refractivity contribution is -0.166. The Morgan fingerprint density at radius 1 is 1.27 bits per heavy atom. The fraction of sp³-hybridized carbons (Fsp3) is 0.760. The molecule has 30 heavy (non-hydrogen) atoms. The molecule has 7 atom stereocenters. The highest BCUT2D eigenvalue weighted by Gasteiger charge is 2.43. The van der Waals surface area contributed by atoms with Crippen molar-refractivity contribution in [3.63, 3.8) is 0 Å². The summed E-state index contributed by atoms with van der Waals surface area (Å²) < 4.78 is 11.6. The van der Waals surface area contributed by atoms with E-state index >= 15 is 0 Å². The number of carbonyl (C=O) groups is 2. The van der Waals surface area contributed by atoms with Crippen molar-refractivity contribution >= 4 is 11.9 Å². The number of fused-ring (bicyclic) bond motifs is 1. The average Bonchev–Trinajstić information content (AvgIpc) is 2.66. The molecule has 0 aromatic heterocycles. The lowest BCUT2D eigenvalue weighted by Gasteiger charge is -2.44. The smallest absolute Gasteiger partial charge is 0.311 e. The van der Waals surface area contributed by atoms with Crippen LogP contribution in [0, 0.1) is 29.1 Å². The van der Waals surface area contributed by atoms with E-state index in [0.717, 1.165) is 25.7 Å². The molecule has 0 aromatic carbocycles. The minimum atomic E-state index is -0.601. The van der Waals surface area contributed by atoms with Gasteiger partial charge < -0.3 is 14.6 Å². The number of hydrogen-bond donors (Lipinski definition) is 1. The Balaban J connectivity index is 1.76. The summed E-state index contributed by atoms with van der Waals surface area (Å²) in [6, 6.07) is 0. The van der Waals surface area contributed by atoms with E-state index in [1.807, 2.05) is 20.8 Å². The van der Waals surface area contributed by atoms with Crippen LogP contribution in [0.4, 0.5) is 0 Å². The van der Waals surface area contributed by atoms with Crippen molar-refractivity contribution in [1.82, 2.24) is 0 Å². The van der Waals surface area contributed by atoms with Crippen LogP contribution in [0.25, 0.3) is 0 Å². The van der Waals surface area contributed by atoms with Gasteiger partial charge in [0.2, 0.25) is 0 Å². The summed E-state index contributed by atoms with van der Waals surface area (Å²) in [5.41, 5.74) is 0.785. The van der Waals surface area contributed by atoms with Crippen molar-refractivity contribution in [2.75, 3.05) is 0 Å². The number of carbonyl (C=O) groups excluding carboxylic acids is 2. The highest BCUT2D eigenvalue weighted by molar-refractivity contribution is 5.76. The van der Waals surface area contributed by atoms with Crippen molar-refractivity contribution in [2.45, 2.75) is 91.5 Å². The molecule has 168 valence electrons. The number of hydrogen-bond acceptors (Lipinski definition) is 5. The monoisotopic (exact) mass is 418 g/mol. The average molecular weight is 419 g/mol. The van der Waals surface area contributed by atoms with Crippen LogP contribution in [0.5, 0.6) is 0 Å². The van der Waals surface area contributed by atoms with Crippen LogP contribution in [0.3, 0.4) is 0 Å². The first-order valence-corrected chi connectivity index (χ1v) is 11.6. The summed E-state index contributed by atoms with van der Waals surface area (Å²) in [7, 11) is 0. The molecule has 1 N–H and O–H groups in total. The van der Waals surface area contributed by atoms with Gasteiger partial charge in [0.25, 0.3) is 0 Å². The van der Waals surface area contributed by atoms with E-state index in [9.17, 15) is 14.7 Å². The number of allylic oxidation sites excluding steroid dienone is 3. The summed E-state index contributed by atoms with van der Waals surface area (Å²) in [5.74, 6) is 0.776. The fourth-order valence-corrected chi connectivity index (χ4v) is 5.08. The van der Waals surface area contributed by atoms with E-state index < -0.39 is 11.5 Å². The van der Waals surface area contributed by atoms with E-state index in [1.54, 1.807) is 0 Å². The predicted octanol–water partition coefficient (Wildman–Crippen LogP) is 4.59. The maximum absolute atomic E-state index is 12.9. The third-order valence-electron chi connectivity index (χ3n) is 7.35. The van der Waals surface area contributed by atoms with Gasteiger partial charge in [0.05, 0.1) is 17.9 Å². The third-order valence-corrected chi connectivity index (χ3v) is 7.35. The molecular weight excluding hydrogens is 380 g/mol. The molecule has 3 aliphatic rings. The molecule has 5 nitrogen and oxygen atoms in total. The molecule has 0 unspecified atom stereocenters. The van der Waals surface area contributed by atoms with Gasteiger partial charge in [-0.3, -0.25) is 9.59 Å². The molecule has 1 fully saturated rings. The number of rotatable bonds is 6. The summed E-state index contributed by atoms with van der Waals surface area (Å²) in [6.07, 6.45) is 9.61. The van der Waals surface area contributed by atoms with Crippen molar-refractivity contribution in [1.29, 1.82) is 0 Å². The van der Waals surface area contributed by atoms with Crippen LogP contribution in [0.15, 0.2) is 23.8 Å². The number of ether oxygens (including phenoxy) is 2. The molecule has 2 aliphatic carbocycles. The van der Waals surface area contributed by atoms with Crippen LogP contribution in [0.2, 0.25) is 0 Å². The van der Waals surface area contributed by atoms with E-state index in [-0.39, 0.29) is 36.5 Å². The lowest BCUT2D eigenvalue weighted by atomic mass is 9.65. The van der Waals surface area contributed by atoms with Gasteiger partial charge in [0, 0.05) is 12.3 Å². The maximum Gasteiger partial charge on any atom is 0.311 e. The van der Waals surface area contributed by atoms with Crippen molar-refractivity contribution in [2.24, 2.45) is 29.1 Å². The normalized spacial score (nSPS) is 36.5.